The Morgan fingerprint density at radius 1 is 1.00 bits per heavy atom. The molecule has 1 aromatic heterocycles. The SMILES string of the molecule is COC(=O)CNC(=O)c1ccc(NC(=O)c2cc3ccccc3o2)cc1. The van der Waals surface area contributed by atoms with E-state index in [1.807, 2.05) is 18.2 Å². The molecule has 2 N–H and O–H groups in total. The molecule has 3 aromatic rings. The van der Waals surface area contributed by atoms with Crippen molar-refractivity contribution < 1.29 is 23.5 Å². The van der Waals surface area contributed by atoms with E-state index in [1.165, 1.54) is 7.11 Å². The van der Waals surface area contributed by atoms with Gasteiger partial charge in [0.05, 0.1) is 7.11 Å². The summed E-state index contributed by atoms with van der Waals surface area (Å²) in [7, 11) is 1.24. The fraction of sp³-hybridized carbons (Fsp3) is 0.105. The predicted octanol–water partition coefficient (Wildman–Crippen LogP) is 2.59. The molecule has 0 spiro atoms. The fourth-order valence-corrected chi connectivity index (χ4v) is 2.32. The van der Waals surface area contributed by atoms with E-state index in [0.29, 0.717) is 16.8 Å². The number of hydrogen-bond donors (Lipinski definition) is 2. The van der Waals surface area contributed by atoms with Gasteiger partial charge in [0.25, 0.3) is 11.8 Å². The van der Waals surface area contributed by atoms with Crippen LogP contribution < -0.4 is 10.6 Å². The van der Waals surface area contributed by atoms with Gasteiger partial charge in [-0.2, -0.15) is 0 Å². The minimum atomic E-state index is -0.534. The van der Waals surface area contributed by atoms with Gasteiger partial charge in [0.15, 0.2) is 5.76 Å². The average molecular weight is 352 g/mol. The van der Waals surface area contributed by atoms with Crippen molar-refractivity contribution in [3.05, 3.63) is 65.9 Å². The van der Waals surface area contributed by atoms with Gasteiger partial charge in [0, 0.05) is 16.6 Å². The summed E-state index contributed by atoms with van der Waals surface area (Å²) < 4.78 is 9.96. The normalized spacial score (nSPS) is 10.3. The van der Waals surface area contributed by atoms with Crippen LogP contribution in [0.5, 0.6) is 0 Å². The van der Waals surface area contributed by atoms with E-state index >= 15 is 0 Å². The van der Waals surface area contributed by atoms with Crippen LogP contribution in [0.3, 0.4) is 0 Å². The number of nitrogens with one attached hydrogen (secondary N) is 2. The lowest BCUT2D eigenvalue weighted by Gasteiger charge is -2.06. The van der Waals surface area contributed by atoms with Crippen LogP contribution in [0.4, 0.5) is 5.69 Å². The largest absolute Gasteiger partial charge is 0.468 e. The second-order valence-electron chi connectivity index (χ2n) is 5.44. The predicted molar refractivity (Wildman–Crippen MR) is 95.0 cm³/mol. The number of benzene rings is 2. The Bertz CT molecular complexity index is 926. The van der Waals surface area contributed by atoms with Crippen molar-refractivity contribution in [1.29, 1.82) is 0 Å². The monoisotopic (exact) mass is 352 g/mol. The molecule has 0 bridgehead atoms. The summed E-state index contributed by atoms with van der Waals surface area (Å²) in [5, 5.41) is 5.98. The van der Waals surface area contributed by atoms with Crippen LogP contribution in [-0.4, -0.2) is 31.4 Å². The molecule has 0 aliphatic rings. The number of furan rings is 1. The molecule has 7 heteroatoms. The third-order valence-corrected chi connectivity index (χ3v) is 3.68. The first-order valence-corrected chi connectivity index (χ1v) is 7.82. The smallest absolute Gasteiger partial charge is 0.325 e. The number of rotatable bonds is 5. The highest BCUT2D eigenvalue weighted by molar-refractivity contribution is 6.05. The van der Waals surface area contributed by atoms with Gasteiger partial charge in [-0.1, -0.05) is 18.2 Å². The molecule has 26 heavy (non-hydrogen) atoms. The van der Waals surface area contributed by atoms with Gasteiger partial charge in [-0.3, -0.25) is 14.4 Å². The van der Waals surface area contributed by atoms with Gasteiger partial charge in [0.2, 0.25) is 0 Å². The molecule has 132 valence electrons. The van der Waals surface area contributed by atoms with Crippen molar-refractivity contribution in [2.24, 2.45) is 0 Å². The molecular weight excluding hydrogens is 336 g/mol. The van der Waals surface area contributed by atoms with E-state index in [4.69, 9.17) is 4.42 Å². The molecule has 0 saturated heterocycles. The van der Waals surface area contributed by atoms with E-state index in [-0.39, 0.29) is 18.2 Å². The minimum Gasteiger partial charge on any atom is -0.468 e. The topological polar surface area (TPSA) is 97.6 Å². The first-order valence-electron chi connectivity index (χ1n) is 7.82. The summed E-state index contributed by atoms with van der Waals surface area (Å²) in [6, 6.07) is 15.3. The zero-order chi connectivity index (χ0) is 18.5. The Morgan fingerprint density at radius 2 is 1.73 bits per heavy atom. The van der Waals surface area contributed by atoms with Crippen LogP contribution in [0, 0.1) is 0 Å². The van der Waals surface area contributed by atoms with E-state index in [0.717, 1.165) is 5.39 Å². The summed E-state index contributed by atoms with van der Waals surface area (Å²) in [6.07, 6.45) is 0. The quantitative estimate of drug-likeness (QED) is 0.688. The van der Waals surface area contributed by atoms with Gasteiger partial charge in [0.1, 0.15) is 12.1 Å². The third kappa shape index (κ3) is 3.89. The van der Waals surface area contributed by atoms with Crippen LogP contribution in [0.25, 0.3) is 11.0 Å². The standard InChI is InChI=1S/C19H16N2O5/c1-25-17(22)11-20-18(23)12-6-8-14(9-7-12)21-19(24)16-10-13-4-2-3-5-15(13)26-16/h2-10H,11H2,1H3,(H,20,23)(H,21,24). The molecule has 0 unspecified atom stereocenters. The maximum atomic E-state index is 12.3. The van der Waals surface area contributed by atoms with Crippen LogP contribution >= 0.6 is 0 Å². The number of methoxy groups -OCH3 is 1. The minimum absolute atomic E-state index is 0.200. The fourth-order valence-electron chi connectivity index (χ4n) is 2.32. The van der Waals surface area contributed by atoms with Gasteiger partial charge < -0.3 is 19.8 Å². The van der Waals surface area contributed by atoms with E-state index in [2.05, 4.69) is 15.4 Å². The Balaban J connectivity index is 1.64. The lowest BCUT2D eigenvalue weighted by Crippen LogP contribution is -2.30. The van der Waals surface area contributed by atoms with Crippen LogP contribution in [-0.2, 0) is 9.53 Å². The third-order valence-electron chi connectivity index (χ3n) is 3.68. The molecule has 1 heterocycles. The molecule has 0 fully saturated rings. The molecule has 2 amide bonds. The maximum Gasteiger partial charge on any atom is 0.325 e. The molecule has 2 aromatic carbocycles. The van der Waals surface area contributed by atoms with E-state index < -0.39 is 11.9 Å². The van der Waals surface area contributed by atoms with Gasteiger partial charge in [-0.15, -0.1) is 0 Å². The highest BCUT2D eigenvalue weighted by Crippen LogP contribution is 2.20. The Hall–Kier alpha value is -3.61. The zero-order valence-corrected chi connectivity index (χ0v) is 13.9. The van der Waals surface area contributed by atoms with Gasteiger partial charge in [-0.25, -0.2) is 0 Å². The number of hydrogen-bond acceptors (Lipinski definition) is 5. The van der Waals surface area contributed by atoms with Crippen LogP contribution in [0.2, 0.25) is 0 Å². The number of esters is 1. The highest BCUT2D eigenvalue weighted by Gasteiger charge is 2.13. The Kier molecular flexibility index (Phi) is 4.98. The number of ether oxygens (including phenoxy) is 1. The van der Waals surface area contributed by atoms with E-state index in [9.17, 15) is 14.4 Å². The number of amides is 2. The molecule has 0 aliphatic carbocycles. The summed E-state index contributed by atoms with van der Waals surface area (Å²) in [5.41, 5.74) is 1.51. The summed E-state index contributed by atoms with van der Waals surface area (Å²) in [6.45, 7) is -0.208. The zero-order valence-electron chi connectivity index (χ0n) is 13.9. The lowest BCUT2D eigenvalue weighted by atomic mass is 10.2. The van der Waals surface area contributed by atoms with Crippen LogP contribution in [0.1, 0.15) is 20.9 Å². The van der Waals surface area contributed by atoms with Gasteiger partial charge in [-0.05, 0) is 36.4 Å². The number of fused-ring (bicyclic) bond motifs is 1. The highest BCUT2D eigenvalue weighted by atomic mass is 16.5. The molecule has 0 aliphatic heterocycles. The first-order chi connectivity index (χ1) is 12.6. The van der Waals surface area contributed by atoms with Crippen molar-refractivity contribution in [2.45, 2.75) is 0 Å². The lowest BCUT2D eigenvalue weighted by molar-refractivity contribution is -0.139. The second-order valence-corrected chi connectivity index (χ2v) is 5.44. The summed E-state index contributed by atoms with van der Waals surface area (Å²) >= 11 is 0. The molecule has 0 saturated carbocycles. The molecule has 3 rings (SSSR count). The first kappa shape index (κ1) is 17.2. The van der Waals surface area contributed by atoms with Crippen molar-refractivity contribution >= 4 is 34.4 Å². The van der Waals surface area contributed by atoms with Crippen molar-refractivity contribution in [3.8, 4) is 0 Å². The van der Waals surface area contributed by atoms with Gasteiger partial charge >= 0.3 is 5.97 Å². The molecule has 0 radical (unpaired) electrons. The number of carbonyl (C=O) groups excluding carboxylic acids is 3. The van der Waals surface area contributed by atoms with Crippen LogP contribution in [0.15, 0.2) is 59.0 Å². The van der Waals surface area contributed by atoms with E-state index in [1.54, 1.807) is 36.4 Å². The summed E-state index contributed by atoms with van der Waals surface area (Å²) in [5.74, 6) is -1.13. The Morgan fingerprint density at radius 3 is 2.42 bits per heavy atom. The molecule has 7 nitrogen and oxygen atoms in total. The Labute approximate surface area is 148 Å². The number of para-hydroxylation sites is 1. The van der Waals surface area contributed by atoms with Crippen molar-refractivity contribution in [1.82, 2.24) is 5.32 Å². The molecule has 0 atom stereocenters. The number of carbonyl (C=O) groups is 3. The van der Waals surface area contributed by atoms with Crippen molar-refractivity contribution in [3.63, 3.8) is 0 Å². The maximum absolute atomic E-state index is 12.3. The van der Waals surface area contributed by atoms with Crippen molar-refractivity contribution in [2.75, 3.05) is 19.0 Å². The summed E-state index contributed by atoms with van der Waals surface area (Å²) in [4.78, 5) is 35.2. The number of anilines is 1. The molecular formula is C19H16N2O5. The second kappa shape index (κ2) is 7.52. The average Bonchev–Trinajstić information content (AvgIpc) is 3.10.